The number of hydrazine groups is 1. The van der Waals surface area contributed by atoms with Crippen molar-refractivity contribution in [2.45, 2.75) is 45.4 Å². The third-order valence-corrected chi connectivity index (χ3v) is 4.40. The van der Waals surface area contributed by atoms with Crippen LogP contribution < -0.4 is 10.9 Å². The normalized spacial score (nSPS) is 11.6. The highest BCUT2D eigenvalue weighted by Crippen LogP contribution is 2.16. The molecule has 0 radical (unpaired) electrons. The summed E-state index contributed by atoms with van der Waals surface area (Å²) in [4.78, 5) is 34.7. The molecule has 1 atom stereocenters. The first kappa shape index (κ1) is 20.2. The monoisotopic (exact) mass is 398 g/mol. The lowest BCUT2D eigenvalue weighted by molar-refractivity contribution is -0.142. The maximum Gasteiger partial charge on any atom is 0.306 e. The van der Waals surface area contributed by atoms with E-state index < -0.39 is 17.8 Å². The van der Waals surface area contributed by atoms with Crippen LogP contribution in [0.2, 0.25) is 0 Å². The SMILES string of the molecule is CCCCC(CCC(=O)NNC(=O)Cc1ccccc1Br)C(=O)O. The zero-order valence-electron chi connectivity index (χ0n) is 13.7. The van der Waals surface area contributed by atoms with Gasteiger partial charge in [-0.1, -0.05) is 53.9 Å². The van der Waals surface area contributed by atoms with Gasteiger partial charge in [-0.05, 0) is 24.5 Å². The molecule has 0 saturated carbocycles. The average molecular weight is 399 g/mol. The minimum Gasteiger partial charge on any atom is -0.481 e. The molecule has 0 bridgehead atoms. The van der Waals surface area contributed by atoms with Crippen molar-refractivity contribution >= 4 is 33.7 Å². The Morgan fingerprint density at radius 2 is 1.79 bits per heavy atom. The van der Waals surface area contributed by atoms with E-state index in [4.69, 9.17) is 5.11 Å². The maximum atomic E-state index is 11.8. The molecule has 132 valence electrons. The van der Waals surface area contributed by atoms with Gasteiger partial charge in [0.05, 0.1) is 12.3 Å². The number of hydrogen-bond donors (Lipinski definition) is 3. The van der Waals surface area contributed by atoms with Crippen LogP contribution in [0.3, 0.4) is 0 Å². The molecule has 0 saturated heterocycles. The molecule has 3 N–H and O–H groups in total. The van der Waals surface area contributed by atoms with Crippen LogP contribution in [0.4, 0.5) is 0 Å². The molecule has 0 spiro atoms. The number of carboxylic acids is 1. The van der Waals surface area contributed by atoms with Gasteiger partial charge in [-0.15, -0.1) is 0 Å². The van der Waals surface area contributed by atoms with Crippen LogP contribution in [0.15, 0.2) is 28.7 Å². The Morgan fingerprint density at radius 3 is 2.42 bits per heavy atom. The van der Waals surface area contributed by atoms with Crippen LogP contribution in [0.1, 0.15) is 44.6 Å². The van der Waals surface area contributed by atoms with Gasteiger partial charge in [-0.2, -0.15) is 0 Å². The Balaban J connectivity index is 2.33. The number of amides is 2. The second-order valence-electron chi connectivity index (χ2n) is 5.58. The first-order valence-corrected chi connectivity index (χ1v) is 8.77. The second-order valence-corrected chi connectivity index (χ2v) is 6.43. The van der Waals surface area contributed by atoms with Crippen molar-refractivity contribution in [1.82, 2.24) is 10.9 Å². The summed E-state index contributed by atoms with van der Waals surface area (Å²) in [6.07, 6.45) is 2.77. The quantitative estimate of drug-likeness (QED) is 0.557. The van der Waals surface area contributed by atoms with Crippen molar-refractivity contribution in [3.63, 3.8) is 0 Å². The fraction of sp³-hybridized carbons (Fsp3) is 0.471. The molecule has 1 aromatic rings. The Hall–Kier alpha value is -1.89. The minimum atomic E-state index is -0.880. The molecule has 24 heavy (non-hydrogen) atoms. The first-order chi connectivity index (χ1) is 11.4. The summed E-state index contributed by atoms with van der Waals surface area (Å²) in [7, 11) is 0. The van der Waals surface area contributed by atoms with Crippen molar-refractivity contribution < 1.29 is 19.5 Å². The van der Waals surface area contributed by atoms with Crippen molar-refractivity contribution in [2.75, 3.05) is 0 Å². The van der Waals surface area contributed by atoms with E-state index in [1.807, 2.05) is 31.2 Å². The lowest BCUT2D eigenvalue weighted by Crippen LogP contribution is -2.42. The van der Waals surface area contributed by atoms with Gasteiger partial charge in [0, 0.05) is 10.9 Å². The van der Waals surface area contributed by atoms with Crippen molar-refractivity contribution in [3.05, 3.63) is 34.3 Å². The lowest BCUT2D eigenvalue weighted by atomic mass is 9.97. The van der Waals surface area contributed by atoms with Crippen LogP contribution in [-0.2, 0) is 20.8 Å². The molecule has 0 aliphatic rings. The van der Waals surface area contributed by atoms with Gasteiger partial charge < -0.3 is 5.11 Å². The van der Waals surface area contributed by atoms with Crippen LogP contribution in [0.5, 0.6) is 0 Å². The molecule has 0 aliphatic heterocycles. The third kappa shape index (κ3) is 7.59. The molecular formula is C17H23BrN2O4. The molecular weight excluding hydrogens is 376 g/mol. The third-order valence-electron chi connectivity index (χ3n) is 3.63. The van der Waals surface area contributed by atoms with E-state index in [1.54, 1.807) is 0 Å². The predicted molar refractivity (Wildman–Crippen MR) is 94.0 cm³/mol. The van der Waals surface area contributed by atoms with Gasteiger partial charge in [0.15, 0.2) is 0 Å². The Morgan fingerprint density at radius 1 is 1.12 bits per heavy atom. The Labute approximate surface area is 150 Å². The van der Waals surface area contributed by atoms with E-state index >= 15 is 0 Å². The topological polar surface area (TPSA) is 95.5 Å². The van der Waals surface area contributed by atoms with Crippen LogP contribution in [0.25, 0.3) is 0 Å². The molecule has 0 heterocycles. The molecule has 0 aromatic heterocycles. The van der Waals surface area contributed by atoms with E-state index in [0.717, 1.165) is 22.9 Å². The summed E-state index contributed by atoms with van der Waals surface area (Å²) in [5.74, 6) is -2.13. The molecule has 6 nitrogen and oxygen atoms in total. The highest BCUT2D eigenvalue weighted by Gasteiger charge is 2.18. The maximum absolute atomic E-state index is 11.8. The number of carbonyl (C=O) groups is 3. The van der Waals surface area contributed by atoms with Crippen molar-refractivity contribution in [1.29, 1.82) is 0 Å². The smallest absolute Gasteiger partial charge is 0.306 e. The highest BCUT2D eigenvalue weighted by molar-refractivity contribution is 9.10. The summed E-state index contributed by atoms with van der Waals surface area (Å²) >= 11 is 3.36. The van der Waals surface area contributed by atoms with E-state index in [9.17, 15) is 14.4 Å². The molecule has 2 amide bonds. The minimum absolute atomic E-state index is 0.0655. The van der Waals surface area contributed by atoms with Crippen LogP contribution >= 0.6 is 15.9 Å². The van der Waals surface area contributed by atoms with Gasteiger partial charge in [0.1, 0.15) is 0 Å². The summed E-state index contributed by atoms with van der Waals surface area (Å²) < 4.78 is 0.826. The first-order valence-electron chi connectivity index (χ1n) is 7.98. The summed E-state index contributed by atoms with van der Waals surface area (Å²) in [5.41, 5.74) is 5.49. The number of benzene rings is 1. The van der Waals surface area contributed by atoms with Gasteiger partial charge in [0.2, 0.25) is 11.8 Å². The Kier molecular flexibility index (Phi) is 9.07. The largest absolute Gasteiger partial charge is 0.481 e. The van der Waals surface area contributed by atoms with E-state index in [1.165, 1.54) is 0 Å². The highest BCUT2D eigenvalue weighted by atomic mass is 79.9. The van der Waals surface area contributed by atoms with Crippen molar-refractivity contribution in [3.8, 4) is 0 Å². The number of halogens is 1. The number of nitrogens with one attached hydrogen (secondary N) is 2. The number of aliphatic carboxylic acids is 1. The Bertz CT molecular complexity index is 577. The predicted octanol–water partition coefficient (Wildman–Crippen LogP) is 2.81. The van der Waals surface area contributed by atoms with E-state index in [2.05, 4.69) is 26.8 Å². The standard InChI is InChI=1S/C17H23BrN2O4/c1-2-3-6-12(17(23)24)9-10-15(21)19-20-16(22)11-13-7-4-5-8-14(13)18/h4-5,7-8,12H,2-3,6,9-11H2,1H3,(H,19,21)(H,20,22)(H,23,24). The van der Waals surface area contributed by atoms with Gasteiger partial charge >= 0.3 is 5.97 Å². The number of rotatable bonds is 9. The lowest BCUT2D eigenvalue weighted by Gasteiger charge is -2.12. The fourth-order valence-corrected chi connectivity index (χ4v) is 2.63. The average Bonchev–Trinajstić information content (AvgIpc) is 2.54. The molecule has 0 aliphatic carbocycles. The summed E-state index contributed by atoms with van der Waals surface area (Å²) in [6.45, 7) is 1.99. The van der Waals surface area contributed by atoms with Crippen LogP contribution in [-0.4, -0.2) is 22.9 Å². The van der Waals surface area contributed by atoms with Gasteiger partial charge in [0.25, 0.3) is 0 Å². The summed E-state index contributed by atoms with van der Waals surface area (Å²) in [6, 6.07) is 7.33. The fourth-order valence-electron chi connectivity index (χ4n) is 2.21. The molecule has 1 aromatic carbocycles. The molecule has 0 fully saturated rings. The number of unbranched alkanes of at least 4 members (excludes halogenated alkanes) is 1. The zero-order valence-corrected chi connectivity index (χ0v) is 15.3. The van der Waals surface area contributed by atoms with Crippen LogP contribution in [0, 0.1) is 5.92 Å². The zero-order chi connectivity index (χ0) is 17.9. The number of carbonyl (C=O) groups excluding carboxylic acids is 2. The van der Waals surface area contributed by atoms with Gasteiger partial charge in [-0.3, -0.25) is 25.2 Å². The molecule has 7 heteroatoms. The summed E-state index contributed by atoms with van der Waals surface area (Å²) in [5, 5.41) is 9.12. The van der Waals surface area contributed by atoms with Gasteiger partial charge in [-0.25, -0.2) is 0 Å². The second kappa shape index (κ2) is 10.8. The van der Waals surface area contributed by atoms with E-state index in [-0.39, 0.29) is 25.2 Å². The van der Waals surface area contributed by atoms with E-state index in [0.29, 0.717) is 6.42 Å². The number of carboxylic acid groups (broad SMARTS) is 1. The molecule has 1 unspecified atom stereocenters. The number of hydrogen-bond acceptors (Lipinski definition) is 3. The van der Waals surface area contributed by atoms with Crippen molar-refractivity contribution in [2.24, 2.45) is 5.92 Å². The molecule has 1 rings (SSSR count).